The van der Waals surface area contributed by atoms with E-state index in [4.69, 9.17) is 14.0 Å². The maximum atomic E-state index is 13.9. The average molecular weight is 356 g/mol. The van der Waals surface area contributed by atoms with E-state index < -0.39 is 11.8 Å². The number of methoxy groups -OCH3 is 1. The van der Waals surface area contributed by atoms with Gasteiger partial charge in [0.25, 0.3) is 5.89 Å². The third-order valence-corrected chi connectivity index (χ3v) is 3.81. The van der Waals surface area contributed by atoms with Crippen molar-refractivity contribution in [3.8, 4) is 17.1 Å². The third-order valence-electron chi connectivity index (χ3n) is 3.81. The highest BCUT2D eigenvalue weighted by molar-refractivity contribution is 5.89. The molecule has 0 amide bonds. The molecule has 26 heavy (non-hydrogen) atoms. The van der Waals surface area contributed by atoms with E-state index in [0.717, 1.165) is 18.1 Å². The first-order chi connectivity index (χ1) is 12.6. The zero-order valence-electron chi connectivity index (χ0n) is 14.4. The predicted molar refractivity (Wildman–Crippen MR) is 91.2 cm³/mol. The van der Waals surface area contributed by atoms with Crippen LogP contribution in [0.2, 0.25) is 0 Å². The number of nitrogens with zero attached hydrogens (tertiary/aromatic N) is 2. The van der Waals surface area contributed by atoms with Crippen molar-refractivity contribution in [3.63, 3.8) is 0 Å². The lowest BCUT2D eigenvalue weighted by molar-refractivity contribution is 0.0424. The lowest BCUT2D eigenvalue weighted by Crippen LogP contribution is -2.08. The highest BCUT2D eigenvalue weighted by atomic mass is 19.1. The molecule has 0 aliphatic heterocycles. The minimum absolute atomic E-state index is 0.127. The van der Waals surface area contributed by atoms with Gasteiger partial charge in [0, 0.05) is 11.6 Å². The number of hydrogen-bond acceptors (Lipinski definition) is 6. The lowest BCUT2D eigenvalue weighted by Gasteiger charge is -2.05. The van der Waals surface area contributed by atoms with Crippen molar-refractivity contribution in [1.29, 1.82) is 0 Å². The third kappa shape index (κ3) is 3.88. The smallest absolute Gasteiger partial charge is 0.341 e. The van der Waals surface area contributed by atoms with Crippen LogP contribution in [0.3, 0.4) is 0 Å². The van der Waals surface area contributed by atoms with Gasteiger partial charge in [-0.05, 0) is 24.1 Å². The molecule has 3 aromatic rings. The van der Waals surface area contributed by atoms with Crippen LogP contribution in [0.4, 0.5) is 4.39 Å². The van der Waals surface area contributed by atoms with Crippen LogP contribution in [0.5, 0.6) is 5.75 Å². The molecule has 0 N–H and O–H groups in total. The molecule has 0 aliphatic rings. The second-order valence-corrected chi connectivity index (χ2v) is 5.48. The number of carbonyl (C=O) groups is 1. The predicted octanol–water partition coefficient (Wildman–Crippen LogP) is 3.80. The normalized spacial score (nSPS) is 10.6. The summed E-state index contributed by atoms with van der Waals surface area (Å²) in [6, 6.07) is 11.6. The molecule has 1 heterocycles. The Morgan fingerprint density at radius 3 is 2.62 bits per heavy atom. The van der Waals surface area contributed by atoms with E-state index in [2.05, 4.69) is 17.1 Å². The molecule has 0 bridgehead atoms. The van der Waals surface area contributed by atoms with E-state index in [9.17, 15) is 9.18 Å². The molecule has 1 aromatic heterocycles. The van der Waals surface area contributed by atoms with Crippen LogP contribution in [0.25, 0.3) is 11.4 Å². The van der Waals surface area contributed by atoms with E-state index >= 15 is 0 Å². The Balaban J connectivity index is 1.65. The summed E-state index contributed by atoms with van der Waals surface area (Å²) in [7, 11) is 1.41. The second kappa shape index (κ2) is 7.77. The molecular weight excluding hydrogens is 339 g/mol. The molecule has 2 aromatic carbocycles. The number of esters is 1. The van der Waals surface area contributed by atoms with Crippen molar-refractivity contribution in [1.82, 2.24) is 10.1 Å². The maximum Gasteiger partial charge on any atom is 0.341 e. The molecule has 6 nitrogen and oxygen atoms in total. The fourth-order valence-corrected chi connectivity index (χ4v) is 2.31. The van der Waals surface area contributed by atoms with Crippen molar-refractivity contribution in [3.05, 3.63) is 65.3 Å². The molecule has 0 spiro atoms. The fourth-order valence-electron chi connectivity index (χ4n) is 2.31. The van der Waals surface area contributed by atoms with Crippen molar-refractivity contribution in [2.45, 2.75) is 20.0 Å². The standard InChI is InChI=1S/C19H17FN2O4/c1-3-12-4-6-13(7-5-12)18-21-17(26-22-18)11-25-19(23)15-9-8-14(24-2)10-16(15)20/h4-10H,3,11H2,1-2H3. The summed E-state index contributed by atoms with van der Waals surface area (Å²) < 4.78 is 28.9. The summed E-state index contributed by atoms with van der Waals surface area (Å²) in [6.07, 6.45) is 0.940. The number of aromatic nitrogens is 2. The summed E-state index contributed by atoms with van der Waals surface area (Å²) in [4.78, 5) is 16.2. The zero-order chi connectivity index (χ0) is 18.5. The monoisotopic (exact) mass is 356 g/mol. The van der Waals surface area contributed by atoms with Crippen LogP contribution in [-0.2, 0) is 17.8 Å². The Morgan fingerprint density at radius 1 is 1.19 bits per heavy atom. The van der Waals surface area contributed by atoms with Crippen LogP contribution in [0.15, 0.2) is 47.0 Å². The first-order valence-corrected chi connectivity index (χ1v) is 8.03. The van der Waals surface area contributed by atoms with Gasteiger partial charge in [0.15, 0.2) is 6.61 Å². The first-order valence-electron chi connectivity index (χ1n) is 8.03. The van der Waals surface area contributed by atoms with Gasteiger partial charge < -0.3 is 14.0 Å². The van der Waals surface area contributed by atoms with Crippen molar-refractivity contribution >= 4 is 5.97 Å². The molecule has 0 radical (unpaired) electrons. The zero-order valence-corrected chi connectivity index (χ0v) is 14.4. The quantitative estimate of drug-likeness (QED) is 0.625. The largest absolute Gasteiger partial charge is 0.497 e. The van der Waals surface area contributed by atoms with Crippen LogP contribution >= 0.6 is 0 Å². The molecule has 0 atom stereocenters. The van der Waals surface area contributed by atoms with E-state index in [-0.39, 0.29) is 18.1 Å². The van der Waals surface area contributed by atoms with Gasteiger partial charge in [0.1, 0.15) is 11.6 Å². The van der Waals surface area contributed by atoms with E-state index in [1.165, 1.54) is 24.8 Å². The van der Waals surface area contributed by atoms with E-state index in [1.54, 1.807) is 0 Å². The van der Waals surface area contributed by atoms with Crippen molar-refractivity contribution in [2.75, 3.05) is 7.11 Å². The van der Waals surface area contributed by atoms with Crippen LogP contribution in [-0.4, -0.2) is 23.2 Å². The number of benzene rings is 2. The molecule has 0 saturated heterocycles. The summed E-state index contributed by atoms with van der Waals surface area (Å²) in [5.41, 5.74) is 1.80. The van der Waals surface area contributed by atoms with Gasteiger partial charge in [0.2, 0.25) is 5.82 Å². The Kier molecular flexibility index (Phi) is 5.26. The van der Waals surface area contributed by atoms with Gasteiger partial charge in [-0.1, -0.05) is 36.3 Å². The summed E-state index contributed by atoms with van der Waals surface area (Å²) in [6.45, 7) is 1.83. The summed E-state index contributed by atoms with van der Waals surface area (Å²) in [5, 5.41) is 3.86. The molecule has 0 aliphatic carbocycles. The van der Waals surface area contributed by atoms with E-state index in [0.29, 0.717) is 11.6 Å². The first kappa shape index (κ1) is 17.6. The molecular formula is C19H17FN2O4. The summed E-state index contributed by atoms with van der Waals surface area (Å²) in [5.74, 6) is -0.709. The number of halogens is 1. The Bertz CT molecular complexity index is 906. The lowest BCUT2D eigenvalue weighted by atomic mass is 10.1. The number of ether oxygens (including phenoxy) is 2. The molecule has 3 rings (SSSR count). The van der Waals surface area contributed by atoms with Gasteiger partial charge >= 0.3 is 5.97 Å². The Morgan fingerprint density at radius 2 is 1.96 bits per heavy atom. The molecule has 7 heteroatoms. The van der Waals surface area contributed by atoms with Crippen LogP contribution in [0.1, 0.15) is 28.7 Å². The molecule has 0 unspecified atom stereocenters. The number of hydrogen-bond donors (Lipinski definition) is 0. The number of rotatable bonds is 6. The van der Waals surface area contributed by atoms with Crippen LogP contribution < -0.4 is 4.74 Å². The molecule has 134 valence electrons. The van der Waals surface area contributed by atoms with Gasteiger partial charge in [-0.2, -0.15) is 4.98 Å². The van der Waals surface area contributed by atoms with Crippen molar-refractivity contribution < 1.29 is 23.2 Å². The maximum absolute atomic E-state index is 13.9. The SMILES string of the molecule is CCc1ccc(-c2noc(COC(=O)c3ccc(OC)cc3F)n2)cc1. The van der Waals surface area contributed by atoms with Gasteiger partial charge in [-0.15, -0.1) is 0 Å². The number of aryl methyl sites for hydroxylation is 1. The molecule has 0 saturated carbocycles. The minimum Gasteiger partial charge on any atom is -0.497 e. The highest BCUT2D eigenvalue weighted by Crippen LogP contribution is 2.19. The average Bonchev–Trinajstić information content (AvgIpc) is 3.15. The summed E-state index contributed by atoms with van der Waals surface area (Å²) >= 11 is 0. The van der Waals surface area contributed by atoms with Gasteiger partial charge in [-0.3, -0.25) is 0 Å². The minimum atomic E-state index is -0.822. The Hall–Kier alpha value is -3.22. The molecule has 0 fully saturated rings. The van der Waals surface area contributed by atoms with E-state index in [1.807, 2.05) is 24.3 Å². The highest BCUT2D eigenvalue weighted by Gasteiger charge is 2.16. The topological polar surface area (TPSA) is 74.5 Å². The van der Waals surface area contributed by atoms with Gasteiger partial charge in [-0.25, -0.2) is 9.18 Å². The fraction of sp³-hybridized carbons (Fsp3) is 0.211. The second-order valence-electron chi connectivity index (χ2n) is 5.48. The van der Waals surface area contributed by atoms with Crippen LogP contribution in [0, 0.1) is 5.82 Å². The number of carbonyl (C=O) groups excluding carboxylic acids is 1. The van der Waals surface area contributed by atoms with Gasteiger partial charge in [0.05, 0.1) is 12.7 Å². The Labute approximate surface area is 149 Å². The van der Waals surface area contributed by atoms with Crippen molar-refractivity contribution in [2.24, 2.45) is 0 Å².